The molecule has 1 heterocycles. The highest BCUT2D eigenvalue weighted by Gasteiger charge is 2.12. The topological polar surface area (TPSA) is 49.6 Å². The number of rotatable bonds is 2. The maximum Gasteiger partial charge on any atom is 0.152 e. The molecule has 0 aliphatic heterocycles. The zero-order chi connectivity index (χ0) is 12.3. The molecule has 0 bridgehead atoms. The van der Waals surface area contributed by atoms with Gasteiger partial charge in [0.05, 0.1) is 21.1 Å². The van der Waals surface area contributed by atoms with Crippen molar-refractivity contribution >= 4 is 27.7 Å². The van der Waals surface area contributed by atoms with Crippen molar-refractivity contribution in [2.75, 3.05) is 0 Å². The summed E-state index contributed by atoms with van der Waals surface area (Å²) in [6.45, 7) is 0. The van der Waals surface area contributed by atoms with Gasteiger partial charge in [0.25, 0.3) is 0 Å². The van der Waals surface area contributed by atoms with E-state index >= 15 is 0 Å². The van der Waals surface area contributed by atoms with Gasteiger partial charge < -0.3 is 0 Å². The Morgan fingerprint density at radius 3 is 2.82 bits per heavy atom. The number of nitrogens with zero attached hydrogens (tertiary/aromatic N) is 3. The Kier molecular flexibility index (Phi) is 3.71. The summed E-state index contributed by atoms with van der Waals surface area (Å²) in [5.41, 5.74) is 0.269. The smallest absolute Gasteiger partial charge is 0.152 e. The molecule has 17 heavy (non-hydrogen) atoms. The van der Waals surface area contributed by atoms with Crippen molar-refractivity contribution < 1.29 is 4.39 Å². The molecule has 1 aromatic heterocycles. The minimum absolute atomic E-state index is 0.175. The standard InChI is InChI=1S/C11H5BrFN3S/c12-10-7(5-14)1-2-8(11(10)13)17-9-6-15-3-4-16-9/h1-4,6H. The molecule has 0 atom stereocenters. The molecule has 0 saturated carbocycles. The zero-order valence-corrected chi connectivity index (χ0v) is 10.8. The molecule has 84 valence electrons. The molecular weight excluding hydrogens is 305 g/mol. The molecular formula is C11H5BrFN3S. The summed E-state index contributed by atoms with van der Waals surface area (Å²) in [4.78, 5) is 8.34. The predicted octanol–water partition coefficient (Wildman–Crippen LogP) is 3.40. The van der Waals surface area contributed by atoms with Crippen LogP contribution in [0, 0.1) is 17.1 Å². The van der Waals surface area contributed by atoms with Crippen LogP contribution in [0.4, 0.5) is 4.39 Å². The van der Waals surface area contributed by atoms with Crippen LogP contribution in [0.15, 0.2) is 45.1 Å². The van der Waals surface area contributed by atoms with Gasteiger partial charge in [-0.15, -0.1) is 0 Å². The number of aromatic nitrogens is 2. The van der Waals surface area contributed by atoms with Gasteiger partial charge in [-0.25, -0.2) is 9.37 Å². The maximum absolute atomic E-state index is 13.9. The first-order chi connectivity index (χ1) is 8.22. The predicted molar refractivity (Wildman–Crippen MR) is 65.0 cm³/mol. The molecule has 0 N–H and O–H groups in total. The van der Waals surface area contributed by atoms with Gasteiger partial charge in [-0.3, -0.25) is 4.98 Å². The summed E-state index contributed by atoms with van der Waals surface area (Å²) in [5, 5.41) is 9.35. The normalized spacial score (nSPS) is 9.94. The van der Waals surface area contributed by atoms with E-state index in [0.717, 1.165) is 11.8 Å². The zero-order valence-electron chi connectivity index (χ0n) is 8.39. The van der Waals surface area contributed by atoms with E-state index in [9.17, 15) is 4.39 Å². The number of hydrogen-bond donors (Lipinski definition) is 0. The second-order valence-electron chi connectivity index (χ2n) is 3.00. The van der Waals surface area contributed by atoms with Crippen molar-refractivity contribution in [3.8, 4) is 6.07 Å². The lowest BCUT2D eigenvalue weighted by molar-refractivity contribution is 0.594. The summed E-state index contributed by atoms with van der Waals surface area (Å²) >= 11 is 4.22. The SMILES string of the molecule is N#Cc1ccc(Sc2cnccn2)c(F)c1Br. The molecule has 0 radical (unpaired) electrons. The molecule has 6 heteroatoms. The fraction of sp³-hybridized carbons (Fsp3) is 0. The second-order valence-corrected chi connectivity index (χ2v) is 4.85. The van der Waals surface area contributed by atoms with E-state index in [-0.39, 0.29) is 10.0 Å². The van der Waals surface area contributed by atoms with Gasteiger partial charge in [0.1, 0.15) is 11.1 Å². The summed E-state index contributed by atoms with van der Waals surface area (Å²) in [6.07, 6.45) is 4.64. The summed E-state index contributed by atoms with van der Waals surface area (Å²) in [5.74, 6) is -0.459. The van der Waals surface area contributed by atoms with Gasteiger partial charge >= 0.3 is 0 Å². The largest absolute Gasteiger partial charge is 0.260 e. The van der Waals surface area contributed by atoms with Crippen molar-refractivity contribution in [1.82, 2.24) is 9.97 Å². The van der Waals surface area contributed by atoms with Gasteiger partial charge in [-0.1, -0.05) is 11.8 Å². The second kappa shape index (κ2) is 5.25. The lowest BCUT2D eigenvalue weighted by Gasteiger charge is -2.04. The van der Waals surface area contributed by atoms with E-state index in [4.69, 9.17) is 5.26 Å². The van der Waals surface area contributed by atoms with Gasteiger partial charge in [-0.05, 0) is 28.1 Å². The van der Waals surface area contributed by atoms with Crippen LogP contribution in [0.25, 0.3) is 0 Å². The average molecular weight is 310 g/mol. The van der Waals surface area contributed by atoms with Crippen LogP contribution < -0.4 is 0 Å². The lowest BCUT2D eigenvalue weighted by Crippen LogP contribution is -1.89. The van der Waals surface area contributed by atoms with Crippen LogP contribution in [0.2, 0.25) is 0 Å². The Balaban J connectivity index is 2.36. The Morgan fingerprint density at radius 1 is 1.35 bits per heavy atom. The molecule has 2 rings (SSSR count). The van der Waals surface area contributed by atoms with Gasteiger partial charge in [0.2, 0.25) is 0 Å². The first-order valence-corrected chi connectivity index (χ1v) is 6.15. The maximum atomic E-state index is 13.9. The third-order valence-electron chi connectivity index (χ3n) is 1.92. The number of nitriles is 1. The summed E-state index contributed by atoms with van der Waals surface area (Å²) in [7, 11) is 0. The van der Waals surface area contributed by atoms with Crippen molar-refractivity contribution in [3.63, 3.8) is 0 Å². The van der Waals surface area contributed by atoms with E-state index in [1.807, 2.05) is 6.07 Å². The minimum Gasteiger partial charge on any atom is -0.260 e. The van der Waals surface area contributed by atoms with Gasteiger partial charge in [0, 0.05) is 12.4 Å². The van der Waals surface area contributed by atoms with Crippen LogP contribution in [0.5, 0.6) is 0 Å². The Hall–Kier alpha value is -1.45. The van der Waals surface area contributed by atoms with Crippen LogP contribution in [0.1, 0.15) is 5.56 Å². The lowest BCUT2D eigenvalue weighted by atomic mass is 10.2. The van der Waals surface area contributed by atoms with E-state index < -0.39 is 5.82 Å². The molecule has 0 amide bonds. The van der Waals surface area contributed by atoms with Crippen LogP contribution in [-0.2, 0) is 0 Å². The number of benzene rings is 1. The fourth-order valence-electron chi connectivity index (χ4n) is 1.15. The first-order valence-electron chi connectivity index (χ1n) is 4.54. The van der Waals surface area contributed by atoms with E-state index in [0.29, 0.717) is 9.92 Å². The van der Waals surface area contributed by atoms with Crippen molar-refractivity contribution in [3.05, 3.63) is 46.6 Å². The Bertz CT molecular complexity index is 583. The third kappa shape index (κ3) is 2.62. The van der Waals surface area contributed by atoms with E-state index in [1.54, 1.807) is 30.7 Å². The molecule has 0 aliphatic carbocycles. The van der Waals surface area contributed by atoms with Gasteiger partial charge in [-0.2, -0.15) is 5.26 Å². The monoisotopic (exact) mass is 309 g/mol. The molecule has 3 nitrogen and oxygen atoms in total. The van der Waals surface area contributed by atoms with Crippen molar-refractivity contribution in [2.24, 2.45) is 0 Å². The molecule has 2 aromatic rings. The van der Waals surface area contributed by atoms with Crippen LogP contribution >= 0.6 is 27.7 Å². The third-order valence-corrected chi connectivity index (χ3v) is 3.65. The highest BCUT2D eigenvalue weighted by Crippen LogP contribution is 2.32. The molecule has 0 unspecified atom stereocenters. The fourth-order valence-corrected chi connectivity index (χ4v) is 2.49. The summed E-state index contributed by atoms with van der Waals surface area (Å²) in [6, 6.07) is 5.02. The molecule has 0 saturated heterocycles. The quantitative estimate of drug-likeness (QED) is 0.853. The van der Waals surface area contributed by atoms with E-state index in [1.165, 1.54) is 0 Å². The Labute approximate surface area is 110 Å². The molecule has 0 fully saturated rings. The number of halogens is 2. The van der Waals surface area contributed by atoms with Gasteiger partial charge in [0.15, 0.2) is 5.82 Å². The number of hydrogen-bond acceptors (Lipinski definition) is 4. The average Bonchev–Trinajstić information content (AvgIpc) is 2.37. The van der Waals surface area contributed by atoms with Crippen LogP contribution in [-0.4, -0.2) is 9.97 Å². The van der Waals surface area contributed by atoms with E-state index in [2.05, 4.69) is 25.9 Å². The molecule has 0 spiro atoms. The van der Waals surface area contributed by atoms with Crippen LogP contribution in [0.3, 0.4) is 0 Å². The highest BCUT2D eigenvalue weighted by atomic mass is 79.9. The Morgan fingerprint density at radius 2 is 2.18 bits per heavy atom. The minimum atomic E-state index is -0.459. The highest BCUT2D eigenvalue weighted by molar-refractivity contribution is 9.10. The molecule has 1 aromatic carbocycles. The van der Waals surface area contributed by atoms with Crippen molar-refractivity contribution in [2.45, 2.75) is 9.92 Å². The first kappa shape index (κ1) is 12.0. The molecule has 0 aliphatic rings. The summed E-state index contributed by atoms with van der Waals surface area (Å²) < 4.78 is 14.0. The van der Waals surface area contributed by atoms with Crippen molar-refractivity contribution in [1.29, 1.82) is 5.26 Å².